The number of carbonyl (C=O) groups is 1. The van der Waals surface area contributed by atoms with Crippen LogP contribution in [0, 0.1) is 0 Å². The lowest BCUT2D eigenvalue weighted by Gasteiger charge is -2.06. The van der Waals surface area contributed by atoms with Gasteiger partial charge in [-0.1, -0.05) is 0 Å². The third-order valence-corrected chi connectivity index (χ3v) is 2.44. The van der Waals surface area contributed by atoms with Crippen molar-refractivity contribution < 1.29 is 13.9 Å². The van der Waals surface area contributed by atoms with Crippen LogP contribution in [0.1, 0.15) is 23.0 Å². The van der Waals surface area contributed by atoms with E-state index >= 15 is 0 Å². The molecule has 0 saturated carbocycles. The molecule has 0 aliphatic carbocycles. The van der Waals surface area contributed by atoms with E-state index in [2.05, 4.69) is 5.32 Å². The topological polar surface area (TPSA) is 51.5 Å². The molecule has 0 aliphatic rings. The van der Waals surface area contributed by atoms with Crippen molar-refractivity contribution in [3.05, 3.63) is 54.0 Å². The average molecular weight is 245 g/mol. The van der Waals surface area contributed by atoms with Gasteiger partial charge in [-0.05, 0) is 43.3 Å². The summed E-state index contributed by atoms with van der Waals surface area (Å²) in [6.07, 6.45) is 1.64. The highest BCUT2D eigenvalue weighted by Gasteiger charge is 2.05. The first-order valence-electron chi connectivity index (χ1n) is 5.83. The molecule has 4 nitrogen and oxygen atoms in total. The lowest BCUT2D eigenvalue weighted by Crippen LogP contribution is -2.04. The lowest BCUT2D eigenvalue weighted by molar-refractivity contribution is 0.0526. The smallest absolute Gasteiger partial charge is 0.338 e. The second-order valence-electron chi connectivity index (χ2n) is 3.73. The van der Waals surface area contributed by atoms with E-state index in [1.165, 1.54) is 0 Å². The number of esters is 1. The van der Waals surface area contributed by atoms with Crippen LogP contribution in [0.3, 0.4) is 0 Å². The summed E-state index contributed by atoms with van der Waals surface area (Å²) in [7, 11) is 0. The van der Waals surface area contributed by atoms with Crippen LogP contribution >= 0.6 is 0 Å². The molecule has 0 spiro atoms. The number of hydrogen-bond acceptors (Lipinski definition) is 4. The molecule has 2 aromatic rings. The fraction of sp³-hybridized carbons (Fsp3) is 0.214. The van der Waals surface area contributed by atoms with Gasteiger partial charge in [0.25, 0.3) is 0 Å². The number of rotatable bonds is 5. The summed E-state index contributed by atoms with van der Waals surface area (Å²) < 4.78 is 10.1. The van der Waals surface area contributed by atoms with Gasteiger partial charge in [-0.25, -0.2) is 4.79 Å². The SMILES string of the molecule is CCOC(=O)c1ccc(NCc2ccco2)cc1. The van der Waals surface area contributed by atoms with Crippen LogP contribution in [-0.4, -0.2) is 12.6 Å². The summed E-state index contributed by atoms with van der Waals surface area (Å²) in [5.41, 5.74) is 1.49. The van der Waals surface area contributed by atoms with Crippen molar-refractivity contribution in [2.75, 3.05) is 11.9 Å². The zero-order valence-electron chi connectivity index (χ0n) is 10.2. The molecule has 4 heteroatoms. The molecule has 1 N–H and O–H groups in total. The van der Waals surface area contributed by atoms with Gasteiger partial charge in [-0.15, -0.1) is 0 Å². The summed E-state index contributed by atoms with van der Waals surface area (Å²) in [6.45, 7) is 2.79. The molecular weight excluding hydrogens is 230 g/mol. The molecular formula is C14H15NO3. The molecule has 1 aromatic heterocycles. The normalized spacial score (nSPS) is 10.1. The largest absolute Gasteiger partial charge is 0.467 e. The molecule has 0 atom stereocenters. The van der Waals surface area contributed by atoms with Gasteiger partial charge in [-0.2, -0.15) is 0 Å². The van der Waals surface area contributed by atoms with Gasteiger partial charge < -0.3 is 14.5 Å². The fourth-order valence-electron chi connectivity index (χ4n) is 1.54. The van der Waals surface area contributed by atoms with Gasteiger partial charge in [0.2, 0.25) is 0 Å². The molecule has 0 amide bonds. The highest BCUT2D eigenvalue weighted by molar-refractivity contribution is 5.89. The summed E-state index contributed by atoms with van der Waals surface area (Å²) in [4.78, 5) is 11.4. The first-order chi connectivity index (χ1) is 8.79. The standard InChI is InChI=1S/C14H15NO3/c1-2-17-14(16)11-5-7-12(8-6-11)15-10-13-4-3-9-18-13/h3-9,15H,2,10H2,1H3. The number of carbonyl (C=O) groups excluding carboxylic acids is 1. The van der Waals surface area contributed by atoms with Gasteiger partial charge in [0.15, 0.2) is 0 Å². The summed E-state index contributed by atoms with van der Waals surface area (Å²) in [5, 5.41) is 3.20. The van der Waals surface area contributed by atoms with Gasteiger partial charge in [-0.3, -0.25) is 0 Å². The molecule has 2 rings (SSSR count). The summed E-state index contributed by atoms with van der Waals surface area (Å²) in [6, 6.07) is 10.9. The van der Waals surface area contributed by atoms with Crippen LogP contribution in [0.5, 0.6) is 0 Å². The first-order valence-corrected chi connectivity index (χ1v) is 5.83. The predicted octanol–water partition coefficient (Wildman–Crippen LogP) is 3.07. The maximum atomic E-state index is 11.4. The number of ether oxygens (including phenoxy) is 1. The maximum Gasteiger partial charge on any atom is 0.338 e. The number of hydrogen-bond donors (Lipinski definition) is 1. The third-order valence-electron chi connectivity index (χ3n) is 2.44. The highest BCUT2D eigenvalue weighted by atomic mass is 16.5. The maximum absolute atomic E-state index is 11.4. The van der Waals surface area contributed by atoms with Gasteiger partial charge in [0, 0.05) is 5.69 Å². The molecule has 0 unspecified atom stereocenters. The molecule has 1 heterocycles. The number of nitrogens with one attached hydrogen (secondary N) is 1. The Hall–Kier alpha value is -2.23. The lowest BCUT2D eigenvalue weighted by atomic mass is 10.2. The second-order valence-corrected chi connectivity index (χ2v) is 3.73. The van der Waals surface area contributed by atoms with Crippen molar-refractivity contribution >= 4 is 11.7 Å². The molecule has 0 radical (unpaired) electrons. The predicted molar refractivity (Wildman–Crippen MR) is 68.4 cm³/mol. The van der Waals surface area contributed by atoms with Crippen molar-refractivity contribution in [1.29, 1.82) is 0 Å². The molecule has 0 saturated heterocycles. The Morgan fingerprint density at radius 2 is 2.06 bits per heavy atom. The van der Waals surface area contributed by atoms with Crippen molar-refractivity contribution in [3.63, 3.8) is 0 Å². The Labute approximate surface area is 106 Å². The van der Waals surface area contributed by atoms with Crippen molar-refractivity contribution in [1.82, 2.24) is 0 Å². The van der Waals surface area contributed by atoms with E-state index < -0.39 is 0 Å². The van der Waals surface area contributed by atoms with E-state index in [4.69, 9.17) is 9.15 Å². The minimum absolute atomic E-state index is 0.296. The van der Waals surface area contributed by atoms with Crippen LogP contribution in [-0.2, 0) is 11.3 Å². The van der Waals surface area contributed by atoms with E-state index in [0.717, 1.165) is 11.4 Å². The Balaban J connectivity index is 1.93. The summed E-state index contributed by atoms with van der Waals surface area (Å²) >= 11 is 0. The Morgan fingerprint density at radius 3 is 2.67 bits per heavy atom. The Morgan fingerprint density at radius 1 is 1.28 bits per heavy atom. The molecule has 0 bridgehead atoms. The Bertz CT molecular complexity index is 488. The van der Waals surface area contributed by atoms with E-state index in [1.807, 2.05) is 24.3 Å². The van der Waals surface area contributed by atoms with E-state index in [9.17, 15) is 4.79 Å². The molecule has 94 valence electrons. The number of furan rings is 1. The quantitative estimate of drug-likeness (QED) is 0.822. The number of anilines is 1. The van der Waals surface area contributed by atoms with E-state index in [1.54, 1.807) is 25.3 Å². The zero-order chi connectivity index (χ0) is 12.8. The minimum Gasteiger partial charge on any atom is -0.467 e. The van der Waals surface area contributed by atoms with Crippen LogP contribution in [0.25, 0.3) is 0 Å². The molecule has 0 aliphatic heterocycles. The summed E-state index contributed by atoms with van der Waals surface area (Å²) in [5.74, 6) is 0.569. The number of benzene rings is 1. The van der Waals surface area contributed by atoms with Crippen LogP contribution in [0.4, 0.5) is 5.69 Å². The van der Waals surface area contributed by atoms with E-state index in [0.29, 0.717) is 18.7 Å². The fourth-order valence-corrected chi connectivity index (χ4v) is 1.54. The minimum atomic E-state index is -0.296. The van der Waals surface area contributed by atoms with Crippen LogP contribution in [0.15, 0.2) is 47.1 Å². The zero-order valence-corrected chi connectivity index (χ0v) is 10.2. The highest BCUT2D eigenvalue weighted by Crippen LogP contribution is 2.12. The van der Waals surface area contributed by atoms with Gasteiger partial charge >= 0.3 is 5.97 Å². The van der Waals surface area contributed by atoms with Crippen LogP contribution < -0.4 is 5.32 Å². The van der Waals surface area contributed by atoms with E-state index in [-0.39, 0.29) is 5.97 Å². The second kappa shape index (κ2) is 5.91. The monoisotopic (exact) mass is 245 g/mol. The van der Waals surface area contributed by atoms with Crippen molar-refractivity contribution in [2.45, 2.75) is 13.5 Å². The van der Waals surface area contributed by atoms with Gasteiger partial charge in [0.1, 0.15) is 5.76 Å². The Kier molecular flexibility index (Phi) is 4.02. The third kappa shape index (κ3) is 3.13. The molecule has 18 heavy (non-hydrogen) atoms. The van der Waals surface area contributed by atoms with Crippen molar-refractivity contribution in [3.8, 4) is 0 Å². The van der Waals surface area contributed by atoms with Gasteiger partial charge in [0.05, 0.1) is 25.0 Å². The molecule has 1 aromatic carbocycles. The van der Waals surface area contributed by atoms with Crippen molar-refractivity contribution in [2.24, 2.45) is 0 Å². The average Bonchev–Trinajstić information content (AvgIpc) is 2.90. The molecule has 0 fully saturated rings. The van der Waals surface area contributed by atoms with Crippen LogP contribution in [0.2, 0.25) is 0 Å². The first kappa shape index (κ1) is 12.2.